The summed E-state index contributed by atoms with van der Waals surface area (Å²) in [5.74, 6) is -0.918. The molecule has 4 nitrogen and oxygen atoms in total. The first kappa shape index (κ1) is 16.0. The van der Waals surface area contributed by atoms with Crippen LogP contribution in [0.4, 0.5) is 0 Å². The standard InChI is InChI=1S/C17H22BrNO3/c18-14-6-4-5-13(9-14)17(22-10-15(20)21)11-16(19-12-17)7-2-1-3-8-16/h4-6,9,19H,1-3,7-8,10-12H2,(H,20,21). The van der Waals surface area contributed by atoms with Gasteiger partial charge in [0.05, 0.1) is 0 Å². The number of rotatable bonds is 4. The molecule has 1 spiro atoms. The fourth-order valence-electron chi connectivity index (χ4n) is 3.95. The second-order valence-electron chi connectivity index (χ2n) is 6.56. The molecule has 1 atom stereocenters. The van der Waals surface area contributed by atoms with Crippen LogP contribution in [0.2, 0.25) is 0 Å². The van der Waals surface area contributed by atoms with Gasteiger partial charge in [0.2, 0.25) is 0 Å². The predicted molar refractivity (Wildman–Crippen MR) is 87.8 cm³/mol. The highest BCUT2D eigenvalue weighted by atomic mass is 79.9. The van der Waals surface area contributed by atoms with Crippen molar-refractivity contribution in [2.24, 2.45) is 0 Å². The second kappa shape index (κ2) is 6.30. The Morgan fingerprint density at radius 3 is 2.77 bits per heavy atom. The molecule has 1 aromatic carbocycles. The van der Waals surface area contributed by atoms with Crippen LogP contribution in [-0.2, 0) is 15.1 Å². The highest BCUT2D eigenvalue weighted by molar-refractivity contribution is 9.10. The molecule has 2 N–H and O–H groups in total. The number of ether oxygens (including phenoxy) is 1. The second-order valence-corrected chi connectivity index (χ2v) is 7.47. The Bertz CT molecular complexity index is 557. The average molecular weight is 368 g/mol. The van der Waals surface area contributed by atoms with Gasteiger partial charge in [-0.25, -0.2) is 4.79 Å². The van der Waals surface area contributed by atoms with E-state index in [1.165, 1.54) is 19.3 Å². The lowest BCUT2D eigenvalue weighted by Crippen LogP contribution is -2.41. The molecule has 1 saturated carbocycles. The molecule has 1 saturated heterocycles. The van der Waals surface area contributed by atoms with E-state index >= 15 is 0 Å². The Morgan fingerprint density at radius 2 is 2.09 bits per heavy atom. The first-order chi connectivity index (χ1) is 10.5. The van der Waals surface area contributed by atoms with Crippen LogP contribution in [-0.4, -0.2) is 29.8 Å². The Balaban J connectivity index is 1.89. The fraction of sp³-hybridized carbons (Fsp3) is 0.588. The van der Waals surface area contributed by atoms with Crippen LogP contribution in [0.5, 0.6) is 0 Å². The number of carbonyl (C=O) groups is 1. The van der Waals surface area contributed by atoms with Gasteiger partial charge in [-0.1, -0.05) is 47.3 Å². The molecule has 1 unspecified atom stereocenters. The van der Waals surface area contributed by atoms with Crippen LogP contribution in [0.1, 0.15) is 44.1 Å². The van der Waals surface area contributed by atoms with Gasteiger partial charge >= 0.3 is 5.97 Å². The molecule has 0 bridgehead atoms. The molecule has 5 heteroatoms. The summed E-state index contributed by atoms with van der Waals surface area (Å²) < 4.78 is 6.93. The summed E-state index contributed by atoms with van der Waals surface area (Å²) in [6, 6.07) is 8.05. The van der Waals surface area contributed by atoms with Crippen molar-refractivity contribution in [1.82, 2.24) is 5.32 Å². The van der Waals surface area contributed by atoms with Crippen LogP contribution >= 0.6 is 15.9 Å². The summed E-state index contributed by atoms with van der Waals surface area (Å²) in [6.07, 6.45) is 6.92. The van der Waals surface area contributed by atoms with Crippen molar-refractivity contribution in [2.45, 2.75) is 49.7 Å². The number of hydrogen-bond donors (Lipinski definition) is 2. The van der Waals surface area contributed by atoms with Gasteiger partial charge in [-0.05, 0) is 30.5 Å². The lowest BCUT2D eigenvalue weighted by Gasteiger charge is -2.36. The third-order valence-electron chi connectivity index (χ3n) is 5.01. The summed E-state index contributed by atoms with van der Waals surface area (Å²) in [5.41, 5.74) is 0.622. The quantitative estimate of drug-likeness (QED) is 0.855. The first-order valence-electron chi connectivity index (χ1n) is 7.91. The van der Waals surface area contributed by atoms with E-state index in [1.807, 2.05) is 24.3 Å². The number of hydrogen-bond acceptors (Lipinski definition) is 3. The number of aliphatic carboxylic acids is 1. The van der Waals surface area contributed by atoms with Crippen molar-refractivity contribution in [3.63, 3.8) is 0 Å². The van der Waals surface area contributed by atoms with E-state index in [0.717, 1.165) is 29.3 Å². The molecule has 22 heavy (non-hydrogen) atoms. The van der Waals surface area contributed by atoms with E-state index in [-0.39, 0.29) is 12.1 Å². The zero-order chi connectivity index (χ0) is 15.6. The molecule has 1 heterocycles. The fourth-order valence-corrected chi connectivity index (χ4v) is 4.34. The normalized spacial score (nSPS) is 27.1. The van der Waals surface area contributed by atoms with Crippen molar-refractivity contribution in [3.05, 3.63) is 34.3 Å². The van der Waals surface area contributed by atoms with Gasteiger partial charge in [-0.2, -0.15) is 0 Å². The van der Waals surface area contributed by atoms with E-state index < -0.39 is 11.6 Å². The highest BCUT2D eigenvalue weighted by Gasteiger charge is 2.50. The van der Waals surface area contributed by atoms with E-state index in [2.05, 4.69) is 21.2 Å². The smallest absolute Gasteiger partial charge is 0.329 e. The highest BCUT2D eigenvalue weighted by Crippen LogP contribution is 2.45. The van der Waals surface area contributed by atoms with Gasteiger partial charge in [-0.15, -0.1) is 0 Å². The van der Waals surface area contributed by atoms with Crippen LogP contribution in [0.15, 0.2) is 28.7 Å². The van der Waals surface area contributed by atoms with E-state index in [4.69, 9.17) is 9.84 Å². The van der Waals surface area contributed by atoms with E-state index in [0.29, 0.717) is 6.54 Å². The molecule has 0 aromatic heterocycles. The minimum absolute atomic E-state index is 0.110. The largest absolute Gasteiger partial charge is 0.480 e. The summed E-state index contributed by atoms with van der Waals surface area (Å²) >= 11 is 3.51. The van der Waals surface area contributed by atoms with Crippen LogP contribution in [0.3, 0.4) is 0 Å². The zero-order valence-corrected chi connectivity index (χ0v) is 14.2. The number of halogens is 1. The van der Waals surface area contributed by atoms with Gasteiger partial charge in [0.15, 0.2) is 0 Å². The topological polar surface area (TPSA) is 58.6 Å². The lowest BCUT2D eigenvalue weighted by atomic mass is 9.76. The van der Waals surface area contributed by atoms with E-state index in [1.54, 1.807) is 0 Å². The van der Waals surface area contributed by atoms with Crippen molar-refractivity contribution in [3.8, 4) is 0 Å². The van der Waals surface area contributed by atoms with E-state index in [9.17, 15) is 4.79 Å². The third-order valence-corrected chi connectivity index (χ3v) is 5.50. The summed E-state index contributed by atoms with van der Waals surface area (Å²) in [4.78, 5) is 11.0. The average Bonchev–Trinajstić information content (AvgIpc) is 2.86. The molecular weight excluding hydrogens is 346 g/mol. The molecule has 0 radical (unpaired) electrons. The van der Waals surface area contributed by atoms with Crippen molar-refractivity contribution in [2.75, 3.05) is 13.2 Å². The molecule has 2 aliphatic rings. The van der Waals surface area contributed by atoms with Gasteiger partial charge in [0.25, 0.3) is 0 Å². The molecule has 1 aliphatic carbocycles. The number of benzene rings is 1. The third kappa shape index (κ3) is 3.21. The molecular formula is C17H22BrNO3. The SMILES string of the molecule is O=C(O)COC1(c2cccc(Br)c2)CNC2(CCCCC2)C1. The summed E-state index contributed by atoms with van der Waals surface area (Å²) in [5, 5.41) is 12.7. The zero-order valence-electron chi connectivity index (χ0n) is 12.6. The van der Waals surface area contributed by atoms with Crippen molar-refractivity contribution < 1.29 is 14.6 Å². The molecule has 0 amide bonds. The number of carboxylic acid groups (broad SMARTS) is 1. The van der Waals surface area contributed by atoms with Gasteiger partial charge in [-0.3, -0.25) is 0 Å². The molecule has 2 fully saturated rings. The maximum Gasteiger partial charge on any atom is 0.329 e. The Hall–Kier alpha value is -0.910. The van der Waals surface area contributed by atoms with Crippen molar-refractivity contribution in [1.29, 1.82) is 0 Å². The van der Waals surface area contributed by atoms with Crippen LogP contribution in [0, 0.1) is 0 Å². The minimum atomic E-state index is -0.918. The molecule has 1 aliphatic heterocycles. The number of nitrogens with one attached hydrogen (secondary N) is 1. The Morgan fingerprint density at radius 1 is 1.32 bits per heavy atom. The first-order valence-corrected chi connectivity index (χ1v) is 8.70. The minimum Gasteiger partial charge on any atom is -0.480 e. The van der Waals surface area contributed by atoms with Crippen LogP contribution in [0.25, 0.3) is 0 Å². The maximum atomic E-state index is 11.0. The Labute approximate surface area is 139 Å². The monoisotopic (exact) mass is 367 g/mol. The predicted octanol–water partition coefficient (Wildman–Crippen LogP) is 3.44. The number of carboxylic acids is 1. The van der Waals surface area contributed by atoms with Crippen molar-refractivity contribution >= 4 is 21.9 Å². The van der Waals surface area contributed by atoms with Gasteiger partial charge in [0.1, 0.15) is 12.2 Å². The summed E-state index contributed by atoms with van der Waals surface area (Å²) in [7, 11) is 0. The summed E-state index contributed by atoms with van der Waals surface area (Å²) in [6.45, 7) is 0.418. The Kier molecular flexibility index (Phi) is 4.57. The molecule has 120 valence electrons. The molecule has 1 aromatic rings. The van der Waals surface area contributed by atoms with Crippen LogP contribution < -0.4 is 5.32 Å². The van der Waals surface area contributed by atoms with Gasteiger partial charge in [0, 0.05) is 23.0 Å². The maximum absolute atomic E-state index is 11.0. The lowest BCUT2D eigenvalue weighted by molar-refractivity contribution is -0.149. The van der Waals surface area contributed by atoms with Gasteiger partial charge < -0.3 is 15.2 Å². The molecule has 3 rings (SSSR count).